The van der Waals surface area contributed by atoms with Crippen LogP contribution in [0.15, 0.2) is 12.7 Å². The Morgan fingerprint density at radius 2 is 2.00 bits per heavy atom. The molecule has 0 aromatic heterocycles. The lowest BCUT2D eigenvalue weighted by Crippen LogP contribution is -2.29. The van der Waals surface area contributed by atoms with Gasteiger partial charge in [0.25, 0.3) is 0 Å². The molecule has 1 fully saturated rings. The molecule has 0 aliphatic carbocycles. The van der Waals surface area contributed by atoms with E-state index >= 15 is 0 Å². The van der Waals surface area contributed by atoms with E-state index in [1.807, 2.05) is 6.08 Å². The minimum Gasteiger partial charge on any atom is -0.314 e. The van der Waals surface area contributed by atoms with Crippen LogP contribution in [-0.2, 0) is 0 Å². The van der Waals surface area contributed by atoms with Gasteiger partial charge in [-0.2, -0.15) is 5.06 Å². The monoisotopic (exact) mass is 127 g/mol. The molecule has 0 bridgehead atoms. The van der Waals surface area contributed by atoms with Gasteiger partial charge in [0.05, 0.1) is 0 Å². The summed E-state index contributed by atoms with van der Waals surface area (Å²) in [4.78, 5) is 0. The first-order chi connectivity index (χ1) is 4.33. The second-order valence-electron chi connectivity index (χ2n) is 2.53. The molecule has 9 heavy (non-hydrogen) atoms. The molecule has 0 amide bonds. The third-order valence-electron chi connectivity index (χ3n) is 1.85. The van der Waals surface area contributed by atoms with Crippen molar-refractivity contribution in [1.29, 1.82) is 0 Å². The highest BCUT2D eigenvalue weighted by Crippen LogP contribution is 2.15. The van der Waals surface area contributed by atoms with Gasteiger partial charge in [0.1, 0.15) is 0 Å². The number of rotatable bonds is 1. The van der Waals surface area contributed by atoms with E-state index in [0.717, 1.165) is 25.9 Å². The molecule has 1 aliphatic heterocycles. The summed E-state index contributed by atoms with van der Waals surface area (Å²) in [6, 6.07) is 0. The zero-order valence-electron chi connectivity index (χ0n) is 5.58. The Kier molecular flexibility index (Phi) is 2.25. The fourth-order valence-corrected chi connectivity index (χ4v) is 1.12. The zero-order chi connectivity index (χ0) is 6.69. The van der Waals surface area contributed by atoms with E-state index in [1.54, 1.807) is 0 Å². The van der Waals surface area contributed by atoms with Gasteiger partial charge >= 0.3 is 0 Å². The van der Waals surface area contributed by atoms with Crippen molar-refractivity contribution < 1.29 is 5.21 Å². The van der Waals surface area contributed by atoms with Gasteiger partial charge in [0.15, 0.2) is 0 Å². The maximum Gasteiger partial charge on any atom is 0.0243 e. The molecule has 0 aromatic carbocycles. The normalized spacial score (nSPS) is 24.1. The molecule has 52 valence electrons. The fraction of sp³-hybridized carbons (Fsp3) is 0.714. The molecule has 0 radical (unpaired) electrons. The SMILES string of the molecule is C=CC1CCN(O)CC1. The first-order valence-corrected chi connectivity index (χ1v) is 3.39. The summed E-state index contributed by atoms with van der Waals surface area (Å²) in [6.45, 7) is 5.31. The molecule has 0 atom stereocenters. The second kappa shape index (κ2) is 2.99. The first kappa shape index (κ1) is 6.78. The number of hydrogen-bond donors (Lipinski definition) is 1. The van der Waals surface area contributed by atoms with Gasteiger partial charge in [-0.3, -0.25) is 0 Å². The molecular formula is C7H13NO. The van der Waals surface area contributed by atoms with Crippen LogP contribution in [-0.4, -0.2) is 23.4 Å². The summed E-state index contributed by atoms with van der Waals surface area (Å²) in [5.74, 6) is 0.633. The number of allylic oxidation sites excluding steroid dienone is 1. The van der Waals surface area contributed by atoms with Crippen LogP contribution in [0.25, 0.3) is 0 Å². The van der Waals surface area contributed by atoms with E-state index in [9.17, 15) is 0 Å². The van der Waals surface area contributed by atoms with Gasteiger partial charge in [-0.1, -0.05) is 6.08 Å². The highest BCUT2D eigenvalue weighted by molar-refractivity contribution is 4.82. The minimum atomic E-state index is 0.633. The van der Waals surface area contributed by atoms with E-state index in [0.29, 0.717) is 5.92 Å². The van der Waals surface area contributed by atoms with Gasteiger partial charge in [-0.15, -0.1) is 6.58 Å². The second-order valence-corrected chi connectivity index (χ2v) is 2.53. The molecule has 1 N–H and O–H groups in total. The molecule has 2 heteroatoms. The van der Waals surface area contributed by atoms with Crippen molar-refractivity contribution >= 4 is 0 Å². The summed E-state index contributed by atoms with van der Waals surface area (Å²) >= 11 is 0. The van der Waals surface area contributed by atoms with Crippen LogP contribution in [0.4, 0.5) is 0 Å². The van der Waals surface area contributed by atoms with Crippen molar-refractivity contribution in [2.24, 2.45) is 5.92 Å². The third-order valence-corrected chi connectivity index (χ3v) is 1.85. The standard InChI is InChI=1S/C7H13NO/c1-2-7-3-5-8(9)6-4-7/h2,7,9H,1,3-6H2. The summed E-state index contributed by atoms with van der Waals surface area (Å²) in [5, 5.41) is 10.3. The fourth-order valence-electron chi connectivity index (χ4n) is 1.12. The van der Waals surface area contributed by atoms with Crippen molar-refractivity contribution in [2.45, 2.75) is 12.8 Å². The lowest BCUT2D eigenvalue weighted by molar-refractivity contribution is -0.108. The van der Waals surface area contributed by atoms with Gasteiger partial charge in [0.2, 0.25) is 0 Å². The Balaban J connectivity index is 2.26. The Bertz CT molecular complexity index is 95.1. The lowest BCUT2D eigenvalue weighted by atomic mass is 9.98. The van der Waals surface area contributed by atoms with Crippen LogP contribution in [0.3, 0.4) is 0 Å². The third kappa shape index (κ3) is 1.80. The largest absolute Gasteiger partial charge is 0.314 e. The number of piperidine rings is 1. The summed E-state index contributed by atoms with van der Waals surface area (Å²) in [5.41, 5.74) is 0. The molecule has 0 unspecified atom stereocenters. The van der Waals surface area contributed by atoms with Crippen LogP contribution >= 0.6 is 0 Å². The zero-order valence-corrected chi connectivity index (χ0v) is 5.58. The van der Waals surface area contributed by atoms with Crippen molar-refractivity contribution in [3.8, 4) is 0 Å². The predicted molar refractivity (Wildman–Crippen MR) is 36.3 cm³/mol. The van der Waals surface area contributed by atoms with Crippen molar-refractivity contribution in [1.82, 2.24) is 5.06 Å². The molecule has 1 aliphatic rings. The predicted octanol–water partition coefficient (Wildman–Crippen LogP) is 1.27. The smallest absolute Gasteiger partial charge is 0.0243 e. The van der Waals surface area contributed by atoms with E-state index < -0.39 is 0 Å². The van der Waals surface area contributed by atoms with E-state index in [1.165, 1.54) is 5.06 Å². The van der Waals surface area contributed by atoms with Crippen LogP contribution in [0.2, 0.25) is 0 Å². The average Bonchev–Trinajstić information content (AvgIpc) is 1.90. The number of hydroxylamine groups is 2. The topological polar surface area (TPSA) is 23.5 Å². The van der Waals surface area contributed by atoms with Crippen LogP contribution in [0.1, 0.15) is 12.8 Å². The van der Waals surface area contributed by atoms with E-state index in [-0.39, 0.29) is 0 Å². The first-order valence-electron chi connectivity index (χ1n) is 3.39. The summed E-state index contributed by atoms with van der Waals surface area (Å²) < 4.78 is 0. The Labute approximate surface area is 55.7 Å². The van der Waals surface area contributed by atoms with Gasteiger partial charge in [0, 0.05) is 13.1 Å². The van der Waals surface area contributed by atoms with Crippen LogP contribution in [0.5, 0.6) is 0 Å². The maximum absolute atomic E-state index is 8.92. The van der Waals surface area contributed by atoms with E-state index in [2.05, 4.69) is 6.58 Å². The molecule has 1 heterocycles. The molecule has 0 saturated carbocycles. The Morgan fingerprint density at radius 1 is 1.44 bits per heavy atom. The molecule has 0 aromatic rings. The number of hydrogen-bond acceptors (Lipinski definition) is 2. The van der Waals surface area contributed by atoms with E-state index in [4.69, 9.17) is 5.21 Å². The molecule has 2 nitrogen and oxygen atoms in total. The number of nitrogens with zero attached hydrogens (tertiary/aromatic N) is 1. The highest BCUT2D eigenvalue weighted by Gasteiger charge is 2.13. The highest BCUT2D eigenvalue weighted by atomic mass is 16.5. The van der Waals surface area contributed by atoms with Gasteiger partial charge in [-0.05, 0) is 18.8 Å². The quantitative estimate of drug-likeness (QED) is 0.536. The van der Waals surface area contributed by atoms with Crippen molar-refractivity contribution in [3.05, 3.63) is 12.7 Å². The Hall–Kier alpha value is -0.340. The maximum atomic E-state index is 8.92. The molecule has 0 spiro atoms. The summed E-state index contributed by atoms with van der Waals surface area (Å²) in [7, 11) is 0. The summed E-state index contributed by atoms with van der Waals surface area (Å²) in [6.07, 6.45) is 4.09. The van der Waals surface area contributed by atoms with Gasteiger partial charge < -0.3 is 5.21 Å². The molecular weight excluding hydrogens is 114 g/mol. The lowest BCUT2D eigenvalue weighted by Gasteiger charge is -2.24. The van der Waals surface area contributed by atoms with Crippen molar-refractivity contribution in [3.63, 3.8) is 0 Å². The molecule has 1 rings (SSSR count). The Morgan fingerprint density at radius 3 is 2.44 bits per heavy atom. The van der Waals surface area contributed by atoms with Gasteiger partial charge in [-0.25, -0.2) is 0 Å². The average molecular weight is 127 g/mol. The molecule has 1 saturated heterocycles. The van der Waals surface area contributed by atoms with Crippen LogP contribution < -0.4 is 0 Å². The van der Waals surface area contributed by atoms with Crippen molar-refractivity contribution in [2.75, 3.05) is 13.1 Å². The minimum absolute atomic E-state index is 0.633. The van der Waals surface area contributed by atoms with Crippen LogP contribution in [0, 0.1) is 5.92 Å².